The van der Waals surface area contributed by atoms with Crippen molar-refractivity contribution in [3.63, 3.8) is 0 Å². The van der Waals surface area contributed by atoms with Gasteiger partial charge in [-0.05, 0) is 49.4 Å². The molecule has 0 unspecified atom stereocenters. The molecule has 9 nitrogen and oxygen atoms in total. The molecule has 46 heavy (non-hydrogen) atoms. The summed E-state index contributed by atoms with van der Waals surface area (Å²) >= 11 is 0. The fourth-order valence-electron chi connectivity index (χ4n) is 7.12. The number of hydrogen-bond acceptors (Lipinski definition) is 7. The van der Waals surface area contributed by atoms with Crippen molar-refractivity contribution in [2.75, 3.05) is 55.6 Å². The number of nitriles is 1. The minimum Gasteiger partial charge on any atom is -0.367 e. The zero-order valence-electron chi connectivity index (χ0n) is 26.3. The number of piperazine rings is 1. The second-order valence-electron chi connectivity index (χ2n) is 12.7. The molecule has 3 aliphatic rings. The van der Waals surface area contributed by atoms with Crippen LogP contribution in [0, 0.1) is 18.3 Å². The van der Waals surface area contributed by atoms with Crippen molar-refractivity contribution in [3.8, 4) is 6.07 Å². The Hall–Kier alpha value is -4.56. The SMILES string of the molecule is C=CC(=O)N1CCN(c2cc(C(=O)N[C@H](C)CN3CC(F)(F)C3)nc3c2CCN(c2cccc4cccc(C)c24)C3)C[C@@H]1CC#N. The number of rotatable bonds is 8. The summed E-state index contributed by atoms with van der Waals surface area (Å²) < 4.78 is 26.8. The molecule has 2 fully saturated rings. The van der Waals surface area contributed by atoms with Gasteiger partial charge < -0.3 is 20.0 Å². The number of fused-ring (bicyclic) bond motifs is 2. The van der Waals surface area contributed by atoms with E-state index >= 15 is 0 Å². The fraction of sp³-hybridized carbons (Fsp3) is 0.429. The van der Waals surface area contributed by atoms with Gasteiger partial charge in [0.05, 0.1) is 43.9 Å². The lowest BCUT2D eigenvalue weighted by molar-refractivity contribution is -0.131. The minimum absolute atomic E-state index is 0.179. The van der Waals surface area contributed by atoms with E-state index in [1.807, 2.05) is 6.07 Å². The zero-order chi connectivity index (χ0) is 32.6. The smallest absolute Gasteiger partial charge is 0.272 e. The van der Waals surface area contributed by atoms with Gasteiger partial charge in [0.1, 0.15) is 5.69 Å². The highest BCUT2D eigenvalue weighted by Gasteiger charge is 2.44. The molecule has 11 heteroatoms. The summed E-state index contributed by atoms with van der Waals surface area (Å²) in [6, 6.07) is 15.9. The van der Waals surface area contributed by atoms with Crippen molar-refractivity contribution in [1.82, 2.24) is 20.1 Å². The van der Waals surface area contributed by atoms with Gasteiger partial charge >= 0.3 is 0 Å². The summed E-state index contributed by atoms with van der Waals surface area (Å²) in [6.07, 6.45) is 2.16. The average molecular weight is 628 g/mol. The van der Waals surface area contributed by atoms with Crippen LogP contribution in [0.4, 0.5) is 20.2 Å². The maximum absolute atomic E-state index is 13.6. The van der Waals surface area contributed by atoms with Gasteiger partial charge in [0.25, 0.3) is 11.8 Å². The van der Waals surface area contributed by atoms with E-state index in [2.05, 4.69) is 71.1 Å². The number of pyridine rings is 1. The molecule has 1 N–H and O–H groups in total. The lowest BCUT2D eigenvalue weighted by Gasteiger charge is -2.43. The molecule has 3 aliphatic heterocycles. The van der Waals surface area contributed by atoms with Crippen molar-refractivity contribution in [1.29, 1.82) is 5.26 Å². The monoisotopic (exact) mass is 627 g/mol. The van der Waals surface area contributed by atoms with Gasteiger partial charge in [0.15, 0.2) is 0 Å². The van der Waals surface area contributed by atoms with E-state index in [0.717, 1.165) is 34.6 Å². The maximum Gasteiger partial charge on any atom is 0.272 e. The van der Waals surface area contributed by atoms with E-state index in [1.165, 1.54) is 17.0 Å². The van der Waals surface area contributed by atoms with Crippen LogP contribution in [0.15, 0.2) is 55.1 Å². The van der Waals surface area contributed by atoms with E-state index in [1.54, 1.807) is 16.7 Å². The lowest BCUT2D eigenvalue weighted by Crippen LogP contribution is -2.59. The molecule has 2 aromatic carbocycles. The number of aromatic nitrogens is 1. The number of aryl methyl sites for hydroxylation is 1. The van der Waals surface area contributed by atoms with E-state index in [0.29, 0.717) is 39.1 Å². The molecule has 0 radical (unpaired) electrons. The van der Waals surface area contributed by atoms with E-state index in [9.17, 15) is 23.6 Å². The lowest BCUT2D eigenvalue weighted by atomic mass is 9.97. The molecule has 0 bridgehead atoms. The molecule has 0 spiro atoms. The van der Waals surface area contributed by atoms with Crippen LogP contribution < -0.4 is 15.1 Å². The van der Waals surface area contributed by atoms with Gasteiger partial charge in [-0.25, -0.2) is 13.8 Å². The highest BCUT2D eigenvalue weighted by atomic mass is 19.3. The Morgan fingerprint density at radius 3 is 2.63 bits per heavy atom. The summed E-state index contributed by atoms with van der Waals surface area (Å²) in [5.74, 6) is -3.24. The number of alkyl halides is 2. The molecule has 1 aromatic heterocycles. The molecular weight excluding hydrogens is 588 g/mol. The topological polar surface area (TPSA) is 95.8 Å². The molecule has 2 amide bonds. The summed E-state index contributed by atoms with van der Waals surface area (Å²) in [6.45, 7) is 9.92. The van der Waals surface area contributed by atoms with Crippen LogP contribution in [0.25, 0.3) is 10.8 Å². The first-order valence-corrected chi connectivity index (χ1v) is 15.8. The number of benzene rings is 2. The van der Waals surface area contributed by atoms with Gasteiger partial charge in [-0.15, -0.1) is 0 Å². The zero-order valence-corrected chi connectivity index (χ0v) is 26.3. The highest BCUT2D eigenvalue weighted by Crippen LogP contribution is 2.36. The van der Waals surface area contributed by atoms with Gasteiger partial charge in [0.2, 0.25) is 5.91 Å². The Kier molecular flexibility index (Phi) is 8.66. The second kappa shape index (κ2) is 12.7. The van der Waals surface area contributed by atoms with Crippen LogP contribution in [-0.4, -0.2) is 90.4 Å². The van der Waals surface area contributed by atoms with Crippen LogP contribution in [0.1, 0.15) is 40.7 Å². The van der Waals surface area contributed by atoms with Crippen LogP contribution in [0.3, 0.4) is 0 Å². The number of anilines is 2. The Morgan fingerprint density at radius 2 is 1.91 bits per heavy atom. The maximum atomic E-state index is 13.6. The van der Waals surface area contributed by atoms with Crippen molar-refractivity contribution in [3.05, 3.63) is 77.6 Å². The number of carbonyl (C=O) groups excluding carboxylic acids is 2. The van der Waals surface area contributed by atoms with Crippen molar-refractivity contribution >= 4 is 34.0 Å². The third-order valence-electron chi connectivity index (χ3n) is 9.25. The molecular formula is C35H39F2N7O2. The molecule has 4 heterocycles. The first-order chi connectivity index (χ1) is 22.1. The van der Waals surface area contributed by atoms with Crippen LogP contribution in [0.2, 0.25) is 0 Å². The fourth-order valence-corrected chi connectivity index (χ4v) is 7.12. The van der Waals surface area contributed by atoms with Crippen LogP contribution in [-0.2, 0) is 17.8 Å². The van der Waals surface area contributed by atoms with E-state index < -0.39 is 5.92 Å². The third-order valence-corrected chi connectivity index (χ3v) is 9.25. The summed E-state index contributed by atoms with van der Waals surface area (Å²) in [7, 11) is 0. The predicted octanol–water partition coefficient (Wildman–Crippen LogP) is 4.29. The van der Waals surface area contributed by atoms with E-state index in [4.69, 9.17) is 4.98 Å². The molecule has 3 aromatic rings. The van der Waals surface area contributed by atoms with E-state index in [-0.39, 0.29) is 49.1 Å². The number of nitrogens with one attached hydrogen (secondary N) is 1. The first-order valence-electron chi connectivity index (χ1n) is 15.8. The molecule has 2 atom stereocenters. The number of halogens is 2. The van der Waals surface area contributed by atoms with Crippen LogP contribution >= 0.6 is 0 Å². The van der Waals surface area contributed by atoms with Crippen molar-refractivity contribution in [2.24, 2.45) is 0 Å². The Balaban J connectivity index is 1.32. The van der Waals surface area contributed by atoms with Crippen molar-refractivity contribution in [2.45, 2.75) is 51.2 Å². The minimum atomic E-state index is -2.67. The number of carbonyl (C=O) groups is 2. The highest BCUT2D eigenvalue weighted by molar-refractivity contribution is 5.97. The van der Waals surface area contributed by atoms with Crippen molar-refractivity contribution < 1.29 is 18.4 Å². The summed E-state index contributed by atoms with van der Waals surface area (Å²) in [5, 5.41) is 14.9. The molecule has 240 valence electrons. The van der Waals surface area contributed by atoms with Gasteiger partial charge in [-0.1, -0.05) is 36.9 Å². The van der Waals surface area contributed by atoms with Gasteiger partial charge in [-0.2, -0.15) is 5.26 Å². The quantitative estimate of drug-likeness (QED) is 0.373. The Labute approximate surface area is 268 Å². The van der Waals surface area contributed by atoms with Gasteiger partial charge in [-0.3, -0.25) is 14.5 Å². The largest absolute Gasteiger partial charge is 0.367 e. The standard InChI is InChI=1S/C35H39F2N7O2/c1-4-32(45)44-16-15-43(19-26(44)11-13-38)31-17-28(34(46)39-24(3)18-41-21-35(36,37)22-41)40-29-20-42(14-12-27(29)31)30-10-6-9-25-8-5-7-23(2)33(25)30/h4-10,17,24,26H,1,11-12,14-16,18-22H2,2-3H3,(H,39,46)/t24-,26+/m1/s1. The van der Waals surface area contributed by atoms with Crippen LogP contribution in [0.5, 0.6) is 0 Å². The molecule has 6 rings (SSSR count). The normalized spacial score (nSPS) is 20.0. The molecule has 2 saturated heterocycles. The first kappa shape index (κ1) is 31.4. The summed E-state index contributed by atoms with van der Waals surface area (Å²) in [4.78, 5) is 38.9. The molecule has 0 aliphatic carbocycles. The number of likely N-dealkylation sites (tertiary alicyclic amines) is 1. The molecule has 0 saturated carbocycles. The predicted molar refractivity (Wildman–Crippen MR) is 174 cm³/mol. The summed E-state index contributed by atoms with van der Waals surface area (Å²) in [5.41, 5.74) is 5.30. The second-order valence-corrected chi connectivity index (χ2v) is 12.7. The number of amides is 2. The number of hydrogen-bond donors (Lipinski definition) is 1. The Bertz CT molecular complexity index is 1710. The Morgan fingerprint density at radius 1 is 1.15 bits per heavy atom. The third kappa shape index (κ3) is 6.27. The number of nitrogens with zero attached hydrogens (tertiary/aromatic N) is 6. The van der Waals surface area contributed by atoms with Gasteiger partial charge in [0, 0.05) is 61.1 Å². The average Bonchev–Trinajstić information content (AvgIpc) is 3.02.